The molecule has 5 nitrogen and oxygen atoms in total. The van der Waals surface area contributed by atoms with Crippen molar-refractivity contribution in [3.05, 3.63) is 57.4 Å². The van der Waals surface area contributed by atoms with Gasteiger partial charge in [0.1, 0.15) is 10.7 Å². The zero-order valence-electron chi connectivity index (χ0n) is 13.7. The maximum Gasteiger partial charge on any atom is 0.261 e. The van der Waals surface area contributed by atoms with E-state index in [0.29, 0.717) is 22.8 Å². The normalized spacial score (nSPS) is 10.6. The Morgan fingerprint density at radius 3 is 2.58 bits per heavy atom. The molecule has 120 valence electrons. The van der Waals surface area contributed by atoms with E-state index in [4.69, 9.17) is 5.26 Å². The van der Waals surface area contributed by atoms with Crippen LogP contribution in [0.25, 0.3) is 10.2 Å². The van der Waals surface area contributed by atoms with E-state index in [0.717, 1.165) is 27.0 Å². The van der Waals surface area contributed by atoms with Crippen LogP contribution in [0.4, 0.5) is 0 Å². The second kappa shape index (κ2) is 6.38. The number of benzene rings is 1. The number of nitrogens with zero attached hydrogens (tertiary/aromatic N) is 3. The number of nitriles is 1. The van der Waals surface area contributed by atoms with Crippen molar-refractivity contribution in [3.8, 4) is 6.07 Å². The Kier molecular flexibility index (Phi) is 4.28. The number of rotatable bonds is 3. The van der Waals surface area contributed by atoms with E-state index in [2.05, 4.69) is 21.4 Å². The monoisotopic (exact) mass is 336 g/mol. The Morgan fingerprint density at radius 2 is 1.92 bits per heavy atom. The van der Waals surface area contributed by atoms with Crippen LogP contribution in [0.2, 0.25) is 0 Å². The third-order valence-electron chi connectivity index (χ3n) is 3.83. The Hall–Kier alpha value is -2.78. The van der Waals surface area contributed by atoms with Gasteiger partial charge in [-0.1, -0.05) is 12.1 Å². The predicted octanol–water partition coefficient (Wildman–Crippen LogP) is 3.42. The van der Waals surface area contributed by atoms with Crippen molar-refractivity contribution in [2.45, 2.75) is 27.3 Å². The standard InChI is InChI=1S/C18H16N4OS/c1-10-15-11(2)21-12(3)22-18(15)24-16(10)17(23)20-9-14-6-4-13(8-19)5-7-14/h4-7H,9H2,1-3H3,(H,20,23). The molecular formula is C18H16N4OS. The first-order valence-corrected chi connectivity index (χ1v) is 8.33. The molecule has 3 rings (SSSR count). The Morgan fingerprint density at radius 1 is 1.21 bits per heavy atom. The summed E-state index contributed by atoms with van der Waals surface area (Å²) in [5, 5.41) is 12.7. The highest BCUT2D eigenvalue weighted by molar-refractivity contribution is 7.20. The van der Waals surface area contributed by atoms with Crippen LogP contribution in [0.5, 0.6) is 0 Å². The summed E-state index contributed by atoms with van der Waals surface area (Å²) in [5.74, 6) is 0.600. The first-order chi connectivity index (χ1) is 11.5. The molecule has 0 fully saturated rings. The average Bonchev–Trinajstić information content (AvgIpc) is 2.90. The summed E-state index contributed by atoms with van der Waals surface area (Å²) in [6, 6.07) is 9.25. The van der Waals surface area contributed by atoms with Crippen LogP contribution >= 0.6 is 11.3 Å². The van der Waals surface area contributed by atoms with E-state index in [-0.39, 0.29) is 5.91 Å². The molecular weight excluding hydrogens is 320 g/mol. The van der Waals surface area contributed by atoms with Crippen molar-refractivity contribution in [1.82, 2.24) is 15.3 Å². The van der Waals surface area contributed by atoms with Gasteiger partial charge in [-0.15, -0.1) is 11.3 Å². The molecule has 0 spiro atoms. The van der Waals surface area contributed by atoms with Gasteiger partial charge in [0.2, 0.25) is 0 Å². The van der Waals surface area contributed by atoms with Gasteiger partial charge in [0.05, 0.1) is 16.5 Å². The smallest absolute Gasteiger partial charge is 0.261 e. The van der Waals surface area contributed by atoms with Gasteiger partial charge in [0.15, 0.2) is 0 Å². The van der Waals surface area contributed by atoms with Gasteiger partial charge in [-0.2, -0.15) is 5.26 Å². The number of carbonyl (C=O) groups excluding carboxylic acids is 1. The van der Waals surface area contributed by atoms with Crippen LogP contribution in [0.15, 0.2) is 24.3 Å². The van der Waals surface area contributed by atoms with E-state index in [1.54, 1.807) is 12.1 Å². The number of carbonyl (C=O) groups is 1. The zero-order valence-corrected chi connectivity index (χ0v) is 14.5. The predicted molar refractivity (Wildman–Crippen MR) is 94.0 cm³/mol. The molecule has 3 aromatic rings. The molecule has 0 radical (unpaired) electrons. The number of hydrogen-bond acceptors (Lipinski definition) is 5. The summed E-state index contributed by atoms with van der Waals surface area (Å²) in [6.45, 7) is 6.14. The molecule has 0 saturated heterocycles. The van der Waals surface area contributed by atoms with Gasteiger partial charge < -0.3 is 5.32 Å². The molecule has 1 amide bonds. The molecule has 0 unspecified atom stereocenters. The number of aromatic nitrogens is 2. The fourth-order valence-corrected chi connectivity index (χ4v) is 3.84. The van der Waals surface area contributed by atoms with Gasteiger partial charge in [-0.05, 0) is 44.0 Å². The van der Waals surface area contributed by atoms with Crippen molar-refractivity contribution in [1.29, 1.82) is 5.26 Å². The van der Waals surface area contributed by atoms with Crippen molar-refractivity contribution < 1.29 is 4.79 Å². The highest BCUT2D eigenvalue weighted by Crippen LogP contribution is 2.31. The van der Waals surface area contributed by atoms with Crippen LogP contribution in [-0.4, -0.2) is 15.9 Å². The first kappa shape index (κ1) is 16.1. The third kappa shape index (κ3) is 2.99. The summed E-state index contributed by atoms with van der Waals surface area (Å²) < 4.78 is 0. The number of fused-ring (bicyclic) bond motifs is 1. The summed E-state index contributed by atoms with van der Waals surface area (Å²) in [6.07, 6.45) is 0. The molecule has 0 aliphatic heterocycles. The lowest BCUT2D eigenvalue weighted by molar-refractivity contribution is 0.0954. The molecule has 2 aromatic heterocycles. The number of nitrogens with one attached hydrogen (secondary N) is 1. The second-order valence-electron chi connectivity index (χ2n) is 5.58. The summed E-state index contributed by atoms with van der Waals surface area (Å²) in [4.78, 5) is 22.9. The Bertz CT molecular complexity index is 967. The number of thiophene rings is 1. The van der Waals surface area contributed by atoms with Crippen LogP contribution < -0.4 is 5.32 Å². The van der Waals surface area contributed by atoms with Gasteiger partial charge in [-0.25, -0.2) is 9.97 Å². The number of amides is 1. The summed E-state index contributed by atoms with van der Waals surface area (Å²) >= 11 is 1.40. The first-order valence-electron chi connectivity index (χ1n) is 7.51. The molecule has 1 aromatic carbocycles. The van der Waals surface area contributed by atoms with Gasteiger partial charge in [-0.3, -0.25) is 4.79 Å². The fraction of sp³-hybridized carbons (Fsp3) is 0.222. The molecule has 6 heteroatoms. The maximum atomic E-state index is 12.5. The van der Waals surface area contributed by atoms with Crippen LogP contribution in [0.1, 0.15) is 37.9 Å². The largest absolute Gasteiger partial charge is 0.347 e. The molecule has 0 bridgehead atoms. The van der Waals surface area contributed by atoms with Crippen LogP contribution in [0.3, 0.4) is 0 Å². The van der Waals surface area contributed by atoms with Crippen molar-refractivity contribution in [2.24, 2.45) is 0 Å². The molecule has 0 aliphatic rings. The third-order valence-corrected chi connectivity index (χ3v) is 5.01. The number of hydrogen-bond donors (Lipinski definition) is 1. The average molecular weight is 336 g/mol. The number of aryl methyl sites for hydroxylation is 3. The van der Waals surface area contributed by atoms with Gasteiger partial charge in [0.25, 0.3) is 5.91 Å². The fourth-order valence-electron chi connectivity index (χ4n) is 2.65. The Balaban J connectivity index is 1.82. The highest BCUT2D eigenvalue weighted by atomic mass is 32.1. The molecule has 0 saturated carbocycles. The molecule has 2 heterocycles. The summed E-state index contributed by atoms with van der Waals surface area (Å²) in [5.41, 5.74) is 3.38. The van der Waals surface area contributed by atoms with E-state index < -0.39 is 0 Å². The minimum atomic E-state index is -0.114. The van der Waals surface area contributed by atoms with E-state index in [9.17, 15) is 4.79 Å². The molecule has 0 aliphatic carbocycles. The van der Waals surface area contributed by atoms with E-state index >= 15 is 0 Å². The molecule has 24 heavy (non-hydrogen) atoms. The SMILES string of the molecule is Cc1nc(C)c2c(C)c(C(=O)NCc3ccc(C#N)cc3)sc2n1. The van der Waals surface area contributed by atoms with E-state index in [1.165, 1.54) is 11.3 Å². The van der Waals surface area contributed by atoms with Crippen molar-refractivity contribution in [3.63, 3.8) is 0 Å². The molecule has 1 N–H and O–H groups in total. The Labute approximate surface area is 144 Å². The lowest BCUT2D eigenvalue weighted by Gasteiger charge is -2.05. The van der Waals surface area contributed by atoms with Gasteiger partial charge in [0, 0.05) is 17.6 Å². The maximum absolute atomic E-state index is 12.5. The summed E-state index contributed by atoms with van der Waals surface area (Å²) in [7, 11) is 0. The lowest BCUT2D eigenvalue weighted by Crippen LogP contribution is -2.22. The minimum absolute atomic E-state index is 0.114. The van der Waals surface area contributed by atoms with Crippen molar-refractivity contribution >= 4 is 27.5 Å². The van der Waals surface area contributed by atoms with Crippen LogP contribution in [0, 0.1) is 32.1 Å². The highest BCUT2D eigenvalue weighted by Gasteiger charge is 2.18. The quantitative estimate of drug-likeness (QED) is 0.795. The van der Waals surface area contributed by atoms with Crippen molar-refractivity contribution in [2.75, 3.05) is 0 Å². The topological polar surface area (TPSA) is 78.7 Å². The minimum Gasteiger partial charge on any atom is -0.347 e. The van der Waals surface area contributed by atoms with Crippen LogP contribution in [-0.2, 0) is 6.54 Å². The van der Waals surface area contributed by atoms with E-state index in [1.807, 2.05) is 32.9 Å². The van der Waals surface area contributed by atoms with Gasteiger partial charge >= 0.3 is 0 Å². The zero-order chi connectivity index (χ0) is 17.3. The molecule has 0 atom stereocenters. The second-order valence-corrected chi connectivity index (χ2v) is 6.58. The lowest BCUT2D eigenvalue weighted by atomic mass is 10.1.